The summed E-state index contributed by atoms with van der Waals surface area (Å²) < 4.78 is 4.75. The van der Waals surface area contributed by atoms with Crippen LogP contribution < -0.4 is 11.1 Å². The number of fused-ring (bicyclic) bond motifs is 3. The highest BCUT2D eigenvalue weighted by Crippen LogP contribution is 2.42. The number of rotatable bonds is 4. The Morgan fingerprint density at radius 2 is 1.60 bits per heavy atom. The summed E-state index contributed by atoms with van der Waals surface area (Å²) in [4.78, 5) is 10.6. The number of carbonyl (C=O) groups is 1. The number of amides is 1. The van der Waals surface area contributed by atoms with Gasteiger partial charge in [-0.15, -0.1) is 0 Å². The van der Waals surface area contributed by atoms with Crippen molar-refractivity contribution >= 4 is 6.09 Å². The summed E-state index contributed by atoms with van der Waals surface area (Å²) in [5.41, 5.74) is 9.99. The lowest BCUT2D eigenvalue weighted by molar-refractivity contribution is 0.156. The second-order valence-corrected chi connectivity index (χ2v) is 4.73. The first-order valence-electron chi connectivity index (χ1n) is 6.61. The summed E-state index contributed by atoms with van der Waals surface area (Å²) in [6.07, 6.45) is -0.737. The first-order valence-corrected chi connectivity index (χ1v) is 6.61. The maximum Gasteiger partial charge on any atom is 0.404 e. The minimum atomic E-state index is -0.737. The van der Waals surface area contributed by atoms with Crippen molar-refractivity contribution in [3.8, 4) is 11.1 Å². The maximum absolute atomic E-state index is 10.6. The van der Waals surface area contributed by atoms with Gasteiger partial charge in [-0.25, -0.2) is 4.79 Å². The number of ether oxygens (including phenoxy) is 1. The number of hydrogen-bond donors (Lipinski definition) is 2. The molecule has 3 rings (SSSR count). The van der Waals surface area contributed by atoms with Gasteiger partial charge in [-0.05, 0) is 22.3 Å². The molecule has 0 heterocycles. The van der Waals surface area contributed by atoms with Crippen molar-refractivity contribution in [1.29, 1.82) is 0 Å². The van der Waals surface area contributed by atoms with E-state index < -0.39 is 6.09 Å². The summed E-state index contributed by atoms with van der Waals surface area (Å²) in [7, 11) is 0. The molecule has 0 unspecified atom stereocenters. The Labute approximate surface area is 117 Å². The molecule has 0 radical (unpaired) electrons. The highest BCUT2D eigenvalue weighted by atomic mass is 16.5. The lowest BCUT2D eigenvalue weighted by Gasteiger charge is -2.15. The molecular formula is C16H16N2O2. The van der Waals surface area contributed by atoms with Crippen LogP contribution in [0.2, 0.25) is 0 Å². The highest BCUT2D eigenvalue weighted by Gasteiger charge is 2.27. The average Bonchev–Trinajstić information content (AvgIpc) is 2.78. The van der Waals surface area contributed by atoms with Crippen molar-refractivity contribution < 1.29 is 9.53 Å². The van der Waals surface area contributed by atoms with Crippen LogP contribution in [0, 0.1) is 0 Å². The van der Waals surface area contributed by atoms with Gasteiger partial charge in [0.05, 0.1) is 6.04 Å². The van der Waals surface area contributed by atoms with E-state index in [4.69, 9.17) is 10.5 Å². The van der Waals surface area contributed by atoms with Gasteiger partial charge in [0.25, 0.3) is 0 Å². The number of primary amides is 1. The number of carbonyl (C=O) groups excluding carboxylic acids is 1. The quantitative estimate of drug-likeness (QED) is 0.837. The van der Waals surface area contributed by atoms with Gasteiger partial charge in [0.1, 0.15) is 6.61 Å². The number of nitrogens with one attached hydrogen (secondary N) is 1. The SMILES string of the molecule is NC(=O)OCCNC1c2ccccc2-c2ccccc21. The summed E-state index contributed by atoms with van der Waals surface area (Å²) in [6.45, 7) is 0.840. The van der Waals surface area contributed by atoms with Gasteiger partial charge >= 0.3 is 6.09 Å². The van der Waals surface area contributed by atoms with E-state index in [0.29, 0.717) is 6.54 Å². The first-order chi connectivity index (χ1) is 9.77. The third-order valence-electron chi connectivity index (χ3n) is 3.53. The third kappa shape index (κ3) is 2.26. The zero-order valence-corrected chi connectivity index (χ0v) is 11.0. The topological polar surface area (TPSA) is 64.4 Å². The largest absolute Gasteiger partial charge is 0.448 e. The van der Waals surface area contributed by atoms with E-state index in [1.165, 1.54) is 22.3 Å². The first kappa shape index (κ1) is 12.7. The number of nitrogens with two attached hydrogens (primary N) is 1. The molecule has 0 aliphatic heterocycles. The van der Waals surface area contributed by atoms with Crippen LogP contribution >= 0.6 is 0 Å². The minimum absolute atomic E-state index is 0.138. The van der Waals surface area contributed by atoms with Crippen LogP contribution in [0.5, 0.6) is 0 Å². The van der Waals surface area contributed by atoms with E-state index in [2.05, 4.69) is 29.6 Å². The molecule has 1 aliphatic rings. The number of benzene rings is 2. The lowest BCUT2D eigenvalue weighted by Crippen LogP contribution is -2.27. The van der Waals surface area contributed by atoms with Crippen LogP contribution in [0.15, 0.2) is 48.5 Å². The molecule has 3 N–H and O–H groups in total. The van der Waals surface area contributed by atoms with Crippen molar-refractivity contribution in [3.05, 3.63) is 59.7 Å². The van der Waals surface area contributed by atoms with Gasteiger partial charge in [0.2, 0.25) is 0 Å². The summed E-state index contributed by atoms with van der Waals surface area (Å²) in [5.74, 6) is 0. The standard InChI is InChI=1S/C16H16N2O2/c17-16(19)20-10-9-18-15-13-7-3-1-5-11(13)12-6-2-4-8-14(12)15/h1-8,15,18H,9-10H2,(H2,17,19). The molecule has 4 heteroatoms. The normalized spacial score (nSPS) is 12.8. The van der Waals surface area contributed by atoms with Crippen molar-refractivity contribution in [3.63, 3.8) is 0 Å². The van der Waals surface area contributed by atoms with Gasteiger partial charge in [-0.3, -0.25) is 0 Å². The maximum atomic E-state index is 10.6. The molecular weight excluding hydrogens is 252 g/mol. The fourth-order valence-electron chi connectivity index (χ4n) is 2.73. The Morgan fingerprint density at radius 1 is 1.05 bits per heavy atom. The van der Waals surface area contributed by atoms with Gasteiger partial charge < -0.3 is 15.8 Å². The smallest absolute Gasteiger partial charge is 0.404 e. The van der Waals surface area contributed by atoms with Crippen molar-refractivity contribution in [2.75, 3.05) is 13.2 Å². The molecule has 4 nitrogen and oxygen atoms in total. The molecule has 2 aromatic carbocycles. The van der Waals surface area contributed by atoms with E-state index >= 15 is 0 Å². The Bertz CT molecular complexity index is 594. The van der Waals surface area contributed by atoms with Crippen LogP contribution in [0.1, 0.15) is 17.2 Å². The van der Waals surface area contributed by atoms with E-state index in [1.807, 2.05) is 24.3 Å². The molecule has 2 aromatic rings. The Morgan fingerprint density at radius 3 is 2.15 bits per heavy atom. The monoisotopic (exact) mass is 268 g/mol. The lowest BCUT2D eigenvalue weighted by atomic mass is 10.1. The summed E-state index contributed by atoms with van der Waals surface area (Å²) in [6, 6.07) is 16.8. The summed E-state index contributed by atoms with van der Waals surface area (Å²) in [5, 5.41) is 3.42. The van der Waals surface area contributed by atoms with Crippen molar-refractivity contribution in [2.24, 2.45) is 5.73 Å². The van der Waals surface area contributed by atoms with Gasteiger partial charge in [-0.2, -0.15) is 0 Å². The van der Waals surface area contributed by atoms with Crippen LogP contribution in [0.25, 0.3) is 11.1 Å². The Hall–Kier alpha value is -2.33. The molecule has 1 aliphatic carbocycles. The zero-order valence-electron chi connectivity index (χ0n) is 11.0. The van der Waals surface area contributed by atoms with E-state index in [-0.39, 0.29) is 12.6 Å². The second kappa shape index (κ2) is 5.35. The fourth-order valence-corrected chi connectivity index (χ4v) is 2.73. The average molecular weight is 268 g/mol. The molecule has 0 saturated carbocycles. The fraction of sp³-hybridized carbons (Fsp3) is 0.188. The highest BCUT2D eigenvalue weighted by molar-refractivity contribution is 5.78. The molecule has 20 heavy (non-hydrogen) atoms. The predicted octanol–water partition coefficient (Wildman–Crippen LogP) is 2.44. The van der Waals surface area contributed by atoms with Crippen LogP contribution in [0.3, 0.4) is 0 Å². The third-order valence-corrected chi connectivity index (χ3v) is 3.53. The Balaban J connectivity index is 1.82. The molecule has 1 amide bonds. The summed E-state index contributed by atoms with van der Waals surface area (Å²) >= 11 is 0. The van der Waals surface area contributed by atoms with E-state index in [9.17, 15) is 4.79 Å². The van der Waals surface area contributed by atoms with Crippen LogP contribution in [-0.4, -0.2) is 19.2 Å². The van der Waals surface area contributed by atoms with Crippen molar-refractivity contribution in [2.45, 2.75) is 6.04 Å². The second-order valence-electron chi connectivity index (χ2n) is 4.73. The molecule has 0 aromatic heterocycles. The molecule has 0 spiro atoms. The van der Waals surface area contributed by atoms with Gasteiger partial charge in [-0.1, -0.05) is 48.5 Å². The molecule has 0 atom stereocenters. The van der Waals surface area contributed by atoms with Gasteiger partial charge in [0.15, 0.2) is 0 Å². The van der Waals surface area contributed by atoms with Crippen molar-refractivity contribution in [1.82, 2.24) is 5.32 Å². The van der Waals surface area contributed by atoms with Gasteiger partial charge in [0, 0.05) is 6.54 Å². The molecule has 0 bridgehead atoms. The molecule has 0 fully saturated rings. The molecule has 0 saturated heterocycles. The minimum Gasteiger partial charge on any atom is -0.448 e. The molecule has 102 valence electrons. The Kier molecular flexibility index (Phi) is 3.39. The van der Waals surface area contributed by atoms with Crippen LogP contribution in [0.4, 0.5) is 4.79 Å². The predicted molar refractivity (Wildman–Crippen MR) is 77.3 cm³/mol. The number of hydrogen-bond acceptors (Lipinski definition) is 3. The van der Waals surface area contributed by atoms with E-state index in [1.54, 1.807) is 0 Å². The van der Waals surface area contributed by atoms with Crippen LogP contribution in [-0.2, 0) is 4.74 Å². The zero-order chi connectivity index (χ0) is 13.9. The van der Waals surface area contributed by atoms with E-state index in [0.717, 1.165) is 0 Å².